The van der Waals surface area contributed by atoms with Gasteiger partial charge in [0.1, 0.15) is 0 Å². The molecule has 0 saturated heterocycles. The van der Waals surface area contributed by atoms with Gasteiger partial charge in [0.15, 0.2) is 5.13 Å². The van der Waals surface area contributed by atoms with Crippen LogP contribution in [0.2, 0.25) is 0 Å². The average Bonchev–Trinajstić information content (AvgIpc) is 3.07. The van der Waals surface area contributed by atoms with Gasteiger partial charge in [0.05, 0.1) is 10.2 Å². The van der Waals surface area contributed by atoms with Crippen LogP contribution in [0.5, 0.6) is 0 Å². The molecule has 3 rings (SSSR count). The lowest BCUT2D eigenvalue weighted by atomic mass is 10.2. The smallest absolute Gasteiger partial charge is 0.226 e. The van der Waals surface area contributed by atoms with Gasteiger partial charge in [0.25, 0.3) is 0 Å². The molecule has 3 nitrogen and oxygen atoms in total. The molecule has 2 aromatic rings. The van der Waals surface area contributed by atoms with E-state index in [9.17, 15) is 4.79 Å². The van der Waals surface area contributed by atoms with Crippen molar-refractivity contribution in [3.05, 3.63) is 23.8 Å². The topological polar surface area (TPSA) is 42.0 Å². The maximum atomic E-state index is 11.7. The Bertz CT molecular complexity index is 586. The van der Waals surface area contributed by atoms with E-state index in [4.69, 9.17) is 0 Å². The quantitative estimate of drug-likeness (QED) is 0.910. The molecule has 1 heterocycles. The number of hydrogen-bond donors (Lipinski definition) is 1. The standard InChI is InChI=1S/C14H16N2OS/c1-9-2-6-11-12(8-9)18-14(15-11)16-13(17)7-5-10-3-4-10/h2,6,8,10H,3-5,7H2,1H3,(H,15,16,17). The zero-order chi connectivity index (χ0) is 12.5. The summed E-state index contributed by atoms with van der Waals surface area (Å²) in [5.74, 6) is 0.895. The summed E-state index contributed by atoms with van der Waals surface area (Å²) in [4.78, 5) is 16.2. The van der Waals surface area contributed by atoms with Crippen LogP contribution in [-0.2, 0) is 4.79 Å². The maximum Gasteiger partial charge on any atom is 0.226 e. The van der Waals surface area contributed by atoms with Crippen LogP contribution in [0.4, 0.5) is 5.13 Å². The number of benzene rings is 1. The fraction of sp³-hybridized carbons (Fsp3) is 0.429. The monoisotopic (exact) mass is 260 g/mol. The third-order valence-electron chi connectivity index (χ3n) is 3.27. The number of aromatic nitrogens is 1. The molecule has 0 bridgehead atoms. The third kappa shape index (κ3) is 2.70. The highest BCUT2D eigenvalue weighted by molar-refractivity contribution is 7.22. The summed E-state index contributed by atoms with van der Waals surface area (Å²) in [6.07, 6.45) is 4.25. The van der Waals surface area contributed by atoms with E-state index in [1.807, 2.05) is 12.1 Å². The Balaban J connectivity index is 1.67. The van der Waals surface area contributed by atoms with Gasteiger partial charge in [0.2, 0.25) is 5.91 Å². The van der Waals surface area contributed by atoms with Crippen molar-refractivity contribution in [3.8, 4) is 0 Å². The number of amides is 1. The highest BCUT2D eigenvalue weighted by Gasteiger charge is 2.22. The van der Waals surface area contributed by atoms with Gasteiger partial charge < -0.3 is 5.32 Å². The molecule has 94 valence electrons. The molecule has 18 heavy (non-hydrogen) atoms. The Morgan fingerprint density at radius 3 is 3.11 bits per heavy atom. The molecular weight excluding hydrogens is 244 g/mol. The zero-order valence-corrected chi connectivity index (χ0v) is 11.2. The number of nitrogens with zero attached hydrogens (tertiary/aromatic N) is 1. The van der Waals surface area contributed by atoms with Crippen molar-refractivity contribution >= 4 is 32.6 Å². The predicted octanol–water partition coefficient (Wildman–Crippen LogP) is 3.73. The summed E-state index contributed by atoms with van der Waals surface area (Å²) in [6, 6.07) is 6.15. The van der Waals surface area contributed by atoms with E-state index in [0.29, 0.717) is 6.42 Å². The molecule has 0 unspecified atom stereocenters. The molecule has 0 atom stereocenters. The first-order chi connectivity index (χ1) is 8.70. The molecule has 0 radical (unpaired) electrons. The summed E-state index contributed by atoms with van der Waals surface area (Å²) in [6.45, 7) is 2.06. The first kappa shape index (κ1) is 11.7. The molecule has 1 fully saturated rings. The lowest BCUT2D eigenvalue weighted by Crippen LogP contribution is -2.10. The maximum absolute atomic E-state index is 11.7. The van der Waals surface area contributed by atoms with Crippen LogP contribution in [0, 0.1) is 12.8 Å². The van der Waals surface area contributed by atoms with Gasteiger partial charge in [-0.2, -0.15) is 0 Å². The Labute approximate surface area is 110 Å². The minimum absolute atomic E-state index is 0.0951. The van der Waals surface area contributed by atoms with Crippen LogP contribution in [0.15, 0.2) is 18.2 Å². The summed E-state index contributed by atoms with van der Waals surface area (Å²) in [5, 5.41) is 3.62. The fourth-order valence-electron chi connectivity index (χ4n) is 2.01. The van der Waals surface area contributed by atoms with E-state index < -0.39 is 0 Å². The van der Waals surface area contributed by atoms with Crippen molar-refractivity contribution in [1.82, 2.24) is 4.98 Å². The number of carbonyl (C=O) groups excluding carboxylic acids is 1. The van der Waals surface area contributed by atoms with Gasteiger partial charge in [-0.15, -0.1) is 0 Å². The average molecular weight is 260 g/mol. The molecule has 1 aromatic heterocycles. The SMILES string of the molecule is Cc1ccc2nc(NC(=O)CCC3CC3)sc2c1. The summed E-state index contributed by atoms with van der Waals surface area (Å²) < 4.78 is 1.13. The lowest BCUT2D eigenvalue weighted by Gasteiger charge is -1.99. The van der Waals surface area contributed by atoms with E-state index in [-0.39, 0.29) is 5.91 Å². The van der Waals surface area contributed by atoms with Gasteiger partial charge >= 0.3 is 0 Å². The van der Waals surface area contributed by atoms with Crippen LogP contribution in [-0.4, -0.2) is 10.9 Å². The normalized spacial score (nSPS) is 14.9. The molecule has 0 spiro atoms. The van der Waals surface area contributed by atoms with Gasteiger partial charge in [0, 0.05) is 6.42 Å². The largest absolute Gasteiger partial charge is 0.302 e. The van der Waals surface area contributed by atoms with E-state index in [1.54, 1.807) is 11.3 Å². The molecule has 1 aliphatic carbocycles. The molecule has 1 saturated carbocycles. The summed E-state index contributed by atoms with van der Waals surface area (Å²) in [5.41, 5.74) is 2.18. The minimum Gasteiger partial charge on any atom is -0.302 e. The number of hydrogen-bond acceptors (Lipinski definition) is 3. The number of thiazole rings is 1. The highest BCUT2D eigenvalue weighted by atomic mass is 32.1. The number of fused-ring (bicyclic) bond motifs is 1. The van der Waals surface area contributed by atoms with E-state index in [2.05, 4.69) is 23.3 Å². The molecule has 1 aliphatic rings. The lowest BCUT2D eigenvalue weighted by molar-refractivity contribution is -0.116. The number of carbonyl (C=O) groups is 1. The Kier molecular flexibility index (Phi) is 3.04. The van der Waals surface area contributed by atoms with Crippen LogP contribution >= 0.6 is 11.3 Å². The van der Waals surface area contributed by atoms with Gasteiger partial charge in [-0.1, -0.05) is 30.2 Å². The van der Waals surface area contributed by atoms with Crippen molar-refractivity contribution in [2.24, 2.45) is 5.92 Å². The molecular formula is C14H16N2OS. The molecule has 1 aromatic carbocycles. The Morgan fingerprint density at radius 1 is 1.50 bits per heavy atom. The second-order valence-electron chi connectivity index (χ2n) is 5.02. The zero-order valence-electron chi connectivity index (χ0n) is 10.4. The van der Waals surface area contributed by atoms with Crippen molar-refractivity contribution in [1.29, 1.82) is 0 Å². The molecule has 4 heteroatoms. The van der Waals surface area contributed by atoms with E-state index in [0.717, 1.165) is 27.7 Å². The Hall–Kier alpha value is -1.42. The highest BCUT2D eigenvalue weighted by Crippen LogP contribution is 2.33. The van der Waals surface area contributed by atoms with Crippen LogP contribution in [0.3, 0.4) is 0 Å². The number of rotatable bonds is 4. The van der Waals surface area contributed by atoms with Crippen molar-refractivity contribution < 1.29 is 4.79 Å². The number of anilines is 1. The summed E-state index contributed by atoms with van der Waals surface area (Å²) in [7, 11) is 0. The first-order valence-corrected chi connectivity index (χ1v) is 7.19. The second-order valence-corrected chi connectivity index (χ2v) is 6.05. The second kappa shape index (κ2) is 4.69. The minimum atomic E-state index is 0.0951. The van der Waals surface area contributed by atoms with E-state index >= 15 is 0 Å². The third-order valence-corrected chi connectivity index (χ3v) is 4.20. The van der Waals surface area contributed by atoms with Crippen molar-refractivity contribution in [2.45, 2.75) is 32.6 Å². The molecule has 0 aliphatic heterocycles. The summed E-state index contributed by atoms with van der Waals surface area (Å²) >= 11 is 1.55. The van der Waals surface area contributed by atoms with Crippen molar-refractivity contribution in [3.63, 3.8) is 0 Å². The predicted molar refractivity (Wildman–Crippen MR) is 74.9 cm³/mol. The van der Waals surface area contributed by atoms with Gasteiger partial charge in [-0.3, -0.25) is 4.79 Å². The van der Waals surface area contributed by atoms with Gasteiger partial charge in [-0.05, 0) is 37.0 Å². The van der Waals surface area contributed by atoms with E-state index in [1.165, 1.54) is 18.4 Å². The molecule has 1 N–H and O–H groups in total. The van der Waals surface area contributed by atoms with Crippen LogP contribution < -0.4 is 5.32 Å². The first-order valence-electron chi connectivity index (χ1n) is 6.38. The fourth-order valence-corrected chi connectivity index (χ4v) is 2.99. The number of nitrogens with one attached hydrogen (secondary N) is 1. The number of aryl methyl sites for hydroxylation is 1. The molecule has 1 amide bonds. The Morgan fingerprint density at radius 2 is 2.33 bits per heavy atom. The van der Waals surface area contributed by atoms with Crippen LogP contribution in [0.25, 0.3) is 10.2 Å². The van der Waals surface area contributed by atoms with Crippen LogP contribution in [0.1, 0.15) is 31.2 Å². The van der Waals surface area contributed by atoms with Crippen molar-refractivity contribution in [2.75, 3.05) is 5.32 Å². The van der Waals surface area contributed by atoms with Gasteiger partial charge in [-0.25, -0.2) is 4.98 Å².